The van der Waals surface area contributed by atoms with Crippen molar-refractivity contribution in [2.24, 2.45) is 10.8 Å². The molecular weight excluding hydrogens is 808 g/mol. The summed E-state index contributed by atoms with van der Waals surface area (Å²) >= 11 is 7.30. The lowest BCUT2D eigenvalue weighted by Gasteiger charge is -2.34. The van der Waals surface area contributed by atoms with Crippen molar-refractivity contribution in [2.75, 3.05) is 56.3 Å². The van der Waals surface area contributed by atoms with Gasteiger partial charge in [-0.3, -0.25) is 24.2 Å². The predicted octanol–water partition coefficient (Wildman–Crippen LogP) is 8.19. The maximum Gasteiger partial charge on any atom is 0.414 e. The van der Waals surface area contributed by atoms with E-state index in [-0.39, 0.29) is 50.0 Å². The summed E-state index contributed by atoms with van der Waals surface area (Å²) in [4.78, 5) is 74.0. The topological polar surface area (TPSA) is 135 Å². The fourth-order valence-electron chi connectivity index (χ4n) is 8.46. The van der Waals surface area contributed by atoms with Crippen LogP contribution >= 0.6 is 22.9 Å². The van der Waals surface area contributed by atoms with Gasteiger partial charge in [0.05, 0.1) is 36.0 Å². The third kappa shape index (κ3) is 10.3. The van der Waals surface area contributed by atoms with Crippen molar-refractivity contribution in [3.8, 4) is 5.75 Å². The van der Waals surface area contributed by atoms with E-state index >= 15 is 0 Å². The number of thiophene rings is 1. The van der Waals surface area contributed by atoms with Gasteiger partial charge in [0.25, 0.3) is 11.8 Å². The molecule has 5 amide bonds. The summed E-state index contributed by atoms with van der Waals surface area (Å²) in [5.41, 5.74) is 2.19. The van der Waals surface area contributed by atoms with E-state index in [4.69, 9.17) is 30.5 Å². The molecule has 4 aromatic rings. The molecule has 316 valence electrons. The maximum absolute atomic E-state index is 14.4. The molecule has 3 aromatic carbocycles. The molecule has 2 aliphatic heterocycles. The van der Waals surface area contributed by atoms with Gasteiger partial charge >= 0.3 is 12.2 Å². The van der Waals surface area contributed by atoms with E-state index in [0.717, 1.165) is 28.9 Å². The number of hydrogen-bond donors (Lipinski definition) is 0. The van der Waals surface area contributed by atoms with Crippen LogP contribution in [0.3, 0.4) is 0 Å². The Hall–Kier alpha value is -5.44. The highest BCUT2D eigenvalue weighted by molar-refractivity contribution is 7.18. The smallest absolute Gasteiger partial charge is 0.414 e. The highest BCUT2D eigenvalue weighted by Crippen LogP contribution is 2.52. The average Bonchev–Trinajstić information content (AvgIpc) is 3.94. The Morgan fingerprint density at radius 2 is 1.58 bits per heavy atom. The molecule has 3 heterocycles. The number of imide groups is 1. The first kappa shape index (κ1) is 42.7. The third-order valence-electron chi connectivity index (χ3n) is 11.4. The molecule has 3 aliphatic rings. The minimum Gasteiger partial charge on any atom is -0.497 e. The summed E-state index contributed by atoms with van der Waals surface area (Å²) in [6.45, 7) is 5.88. The van der Waals surface area contributed by atoms with Crippen LogP contribution in [0.4, 0.5) is 21.0 Å². The van der Waals surface area contributed by atoms with E-state index in [9.17, 15) is 24.0 Å². The molecule has 0 spiro atoms. The van der Waals surface area contributed by atoms with Crippen molar-refractivity contribution in [3.63, 3.8) is 0 Å². The number of carbonyl (C=O) groups is 5. The molecular formula is C45H49ClN4O9S. The van der Waals surface area contributed by atoms with Crippen LogP contribution in [0.15, 0.2) is 91.0 Å². The largest absolute Gasteiger partial charge is 0.497 e. The average molecular weight is 857 g/mol. The number of methoxy groups -OCH3 is 1. The van der Waals surface area contributed by atoms with Crippen LogP contribution in [0, 0.1) is 10.8 Å². The Balaban J connectivity index is 1.03. The molecule has 7 rings (SSSR count). The zero-order valence-corrected chi connectivity index (χ0v) is 35.5. The van der Waals surface area contributed by atoms with E-state index < -0.39 is 29.6 Å². The van der Waals surface area contributed by atoms with Gasteiger partial charge < -0.3 is 28.7 Å². The number of ether oxygens (including phenoxy) is 4. The number of carbonyl (C=O) groups excluding carboxylic acids is 5. The van der Waals surface area contributed by atoms with Gasteiger partial charge in [0.15, 0.2) is 0 Å². The molecule has 1 aromatic heterocycles. The molecule has 60 heavy (non-hydrogen) atoms. The lowest BCUT2D eigenvalue weighted by Crippen LogP contribution is -2.44. The third-order valence-corrected chi connectivity index (χ3v) is 12.6. The van der Waals surface area contributed by atoms with Crippen LogP contribution in [0.1, 0.15) is 60.3 Å². The van der Waals surface area contributed by atoms with Crippen LogP contribution in [-0.4, -0.2) is 92.3 Å². The lowest BCUT2D eigenvalue weighted by molar-refractivity contribution is -0.132. The molecule has 0 bridgehead atoms. The number of rotatable bonds is 14. The quantitative estimate of drug-likeness (QED) is 0.123. The Kier molecular flexibility index (Phi) is 13.1. The van der Waals surface area contributed by atoms with Gasteiger partial charge in [0, 0.05) is 37.4 Å². The standard InChI is InChI=1S/C45H49ClN4O9S/c1-44(19-20-45(2,29-44)30-47(24-31-9-15-35(56-3)16-10-31)42(54)58-27-32-7-5-4-6-8-32)23-39(51)50(41(53)37-17-18-38(46)60-37)26-36-25-49(43(55)59-36)34-13-11-33(12-14-34)48-21-22-57-28-40(48)52/h4-18,36H,19-30H2,1-3H3/t36-,44?,45?/m1/s1. The van der Waals surface area contributed by atoms with Gasteiger partial charge in [0.1, 0.15) is 25.1 Å². The monoisotopic (exact) mass is 856 g/mol. The van der Waals surface area contributed by atoms with E-state index in [1.807, 2.05) is 61.5 Å². The van der Waals surface area contributed by atoms with Crippen LogP contribution in [0.2, 0.25) is 4.34 Å². The Labute approximate surface area is 358 Å². The number of halogens is 1. The van der Waals surface area contributed by atoms with Crippen molar-refractivity contribution in [3.05, 3.63) is 111 Å². The molecule has 0 radical (unpaired) electrons. The number of amides is 5. The van der Waals surface area contributed by atoms with Gasteiger partial charge in [-0.25, -0.2) is 9.59 Å². The second-order valence-electron chi connectivity index (χ2n) is 16.4. The normalized spacial score (nSPS) is 21.4. The molecule has 0 N–H and O–H groups in total. The van der Waals surface area contributed by atoms with E-state index in [0.29, 0.717) is 65.4 Å². The second-order valence-corrected chi connectivity index (χ2v) is 18.1. The predicted molar refractivity (Wildman–Crippen MR) is 227 cm³/mol. The highest BCUT2D eigenvalue weighted by Gasteiger charge is 2.47. The molecule has 13 nitrogen and oxygen atoms in total. The number of nitrogens with zero attached hydrogens (tertiary/aromatic N) is 4. The van der Waals surface area contributed by atoms with Gasteiger partial charge in [-0.2, -0.15) is 0 Å². The van der Waals surface area contributed by atoms with Crippen LogP contribution < -0.4 is 14.5 Å². The van der Waals surface area contributed by atoms with E-state index in [2.05, 4.69) is 6.92 Å². The number of cyclic esters (lactones) is 1. The van der Waals surface area contributed by atoms with Gasteiger partial charge in [-0.1, -0.05) is 67.9 Å². The van der Waals surface area contributed by atoms with Crippen LogP contribution in [0.25, 0.3) is 0 Å². The first-order valence-electron chi connectivity index (χ1n) is 20.0. The van der Waals surface area contributed by atoms with Gasteiger partial charge in [-0.15, -0.1) is 11.3 Å². The molecule has 15 heteroatoms. The molecule has 2 unspecified atom stereocenters. The first-order valence-corrected chi connectivity index (χ1v) is 21.1. The Morgan fingerprint density at radius 3 is 2.25 bits per heavy atom. The van der Waals surface area contributed by atoms with Crippen molar-refractivity contribution in [1.29, 1.82) is 0 Å². The summed E-state index contributed by atoms with van der Waals surface area (Å²) in [6.07, 6.45) is 0.277. The van der Waals surface area contributed by atoms with E-state index in [1.54, 1.807) is 53.3 Å². The van der Waals surface area contributed by atoms with Crippen LogP contribution in [-0.2, 0) is 37.0 Å². The molecule has 3 fully saturated rings. The van der Waals surface area contributed by atoms with Crippen molar-refractivity contribution >= 4 is 64.2 Å². The molecule has 1 saturated carbocycles. The lowest BCUT2D eigenvalue weighted by atomic mass is 9.79. The Morgan fingerprint density at radius 1 is 0.883 bits per heavy atom. The fourth-order valence-corrected chi connectivity index (χ4v) is 9.45. The zero-order valence-electron chi connectivity index (χ0n) is 34.0. The van der Waals surface area contributed by atoms with Crippen molar-refractivity contribution < 1.29 is 42.9 Å². The second kappa shape index (κ2) is 18.4. The minimum atomic E-state index is -0.795. The van der Waals surface area contributed by atoms with Crippen molar-refractivity contribution in [1.82, 2.24) is 9.80 Å². The SMILES string of the molecule is COc1ccc(CN(CC2(C)CCC(C)(CC(=O)N(C[C@H]3CN(c4ccc(N5CCOCC5=O)cc4)C(=O)O3)C(=O)c3ccc(Cl)s3)C2)C(=O)OCc2ccccc2)cc1. The molecule has 3 atom stereocenters. The van der Waals surface area contributed by atoms with Gasteiger partial charge in [-0.05, 0) is 89.8 Å². The first-order chi connectivity index (χ1) is 28.8. The maximum atomic E-state index is 14.4. The van der Waals surface area contributed by atoms with Gasteiger partial charge in [0.2, 0.25) is 5.91 Å². The number of benzene rings is 3. The highest BCUT2D eigenvalue weighted by atomic mass is 35.5. The summed E-state index contributed by atoms with van der Waals surface area (Å²) < 4.78 is 22.5. The molecule has 1 aliphatic carbocycles. The summed E-state index contributed by atoms with van der Waals surface area (Å²) in [5, 5.41) is 0. The van der Waals surface area contributed by atoms with E-state index in [1.165, 1.54) is 9.80 Å². The number of morpholine rings is 1. The minimum absolute atomic E-state index is 0.0158. The summed E-state index contributed by atoms with van der Waals surface area (Å²) in [6, 6.07) is 27.3. The zero-order chi connectivity index (χ0) is 42.4. The van der Waals surface area contributed by atoms with Crippen LogP contribution in [0.5, 0.6) is 5.75 Å². The Bertz CT molecular complexity index is 2190. The number of hydrogen-bond acceptors (Lipinski definition) is 10. The summed E-state index contributed by atoms with van der Waals surface area (Å²) in [7, 11) is 1.61. The van der Waals surface area contributed by atoms with Crippen molar-refractivity contribution in [2.45, 2.75) is 58.8 Å². The molecule has 2 saturated heterocycles. The fraction of sp³-hybridized carbons (Fsp3) is 0.400. The number of anilines is 2. The summed E-state index contributed by atoms with van der Waals surface area (Å²) in [5.74, 6) is -0.324.